The maximum absolute atomic E-state index is 10.1. The van der Waals surface area contributed by atoms with Crippen LogP contribution in [0.5, 0.6) is 0 Å². The second kappa shape index (κ2) is 18.4. The van der Waals surface area contributed by atoms with Crippen molar-refractivity contribution in [3.63, 3.8) is 0 Å². The Labute approximate surface area is 177 Å². The first kappa shape index (κ1) is 28.7. The third-order valence-electron chi connectivity index (χ3n) is 4.79. The summed E-state index contributed by atoms with van der Waals surface area (Å²) in [6.07, 6.45) is 2.28. The van der Waals surface area contributed by atoms with Gasteiger partial charge in [-0.05, 0) is 33.1 Å². The molecule has 0 fully saturated rings. The van der Waals surface area contributed by atoms with Crippen LogP contribution in [0.15, 0.2) is 0 Å². The summed E-state index contributed by atoms with van der Waals surface area (Å²) in [5.41, 5.74) is 11.0. The molecular formula is C21H46N2O6. The smallest absolute Gasteiger partial charge is 0.0798 e. The van der Waals surface area contributed by atoms with E-state index >= 15 is 0 Å². The predicted molar refractivity (Wildman–Crippen MR) is 115 cm³/mol. The molecule has 0 aliphatic rings. The van der Waals surface area contributed by atoms with Crippen molar-refractivity contribution in [1.29, 1.82) is 0 Å². The number of hydrogen-bond donors (Lipinski definition) is 4. The van der Waals surface area contributed by atoms with E-state index < -0.39 is 12.2 Å². The normalized spacial score (nSPS) is 18.2. The maximum atomic E-state index is 10.1. The van der Waals surface area contributed by atoms with Gasteiger partial charge in [0.15, 0.2) is 0 Å². The van der Waals surface area contributed by atoms with Gasteiger partial charge in [0.2, 0.25) is 0 Å². The molecule has 6 N–H and O–H groups in total. The molecule has 0 heterocycles. The van der Waals surface area contributed by atoms with Crippen molar-refractivity contribution >= 4 is 0 Å². The number of nitrogens with two attached hydrogens (primary N) is 2. The molecule has 0 saturated carbocycles. The highest BCUT2D eigenvalue weighted by Crippen LogP contribution is 2.11. The van der Waals surface area contributed by atoms with Gasteiger partial charge >= 0.3 is 0 Å². The molecule has 6 unspecified atom stereocenters. The fourth-order valence-electron chi connectivity index (χ4n) is 2.69. The molecule has 0 aromatic heterocycles. The largest absolute Gasteiger partial charge is 0.391 e. The average molecular weight is 423 g/mol. The number of rotatable bonds is 20. The Kier molecular flexibility index (Phi) is 18.2. The Bertz CT molecular complexity index is 332. The average Bonchev–Trinajstić information content (AvgIpc) is 2.73. The van der Waals surface area contributed by atoms with E-state index in [1.165, 1.54) is 0 Å². The van der Waals surface area contributed by atoms with E-state index in [0.717, 1.165) is 19.3 Å². The van der Waals surface area contributed by atoms with Gasteiger partial charge in [-0.1, -0.05) is 13.8 Å². The Morgan fingerprint density at radius 1 is 0.690 bits per heavy atom. The van der Waals surface area contributed by atoms with E-state index in [9.17, 15) is 10.2 Å². The van der Waals surface area contributed by atoms with Gasteiger partial charge in [-0.15, -0.1) is 0 Å². The minimum absolute atomic E-state index is 0.00717. The van der Waals surface area contributed by atoms with Gasteiger partial charge in [-0.2, -0.15) is 0 Å². The lowest BCUT2D eigenvalue weighted by Gasteiger charge is -2.22. The third kappa shape index (κ3) is 16.1. The topological polar surface area (TPSA) is 129 Å². The summed E-state index contributed by atoms with van der Waals surface area (Å²) in [5.74, 6) is 0. The standard InChI is InChI=1S/C21H46N2O6/c1-5-20(10-18(24)14-28-16(3)12-22)26-8-7-9-27-21(6-2)11-19(25)15-29-17(4)13-23/h16-21,24-25H,5-15,22-23H2,1-4H3. The molecule has 0 spiro atoms. The van der Waals surface area contributed by atoms with E-state index in [1.807, 2.05) is 27.7 Å². The fraction of sp³-hybridized carbons (Fsp3) is 1.00. The highest BCUT2D eigenvalue weighted by atomic mass is 16.5. The molecule has 0 saturated heterocycles. The lowest BCUT2D eigenvalue weighted by atomic mass is 10.1. The zero-order valence-electron chi connectivity index (χ0n) is 18.9. The van der Waals surface area contributed by atoms with Gasteiger partial charge in [0.05, 0.1) is 49.8 Å². The summed E-state index contributed by atoms with van der Waals surface area (Å²) >= 11 is 0. The van der Waals surface area contributed by atoms with Crippen molar-refractivity contribution in [2.45, 2.75) is 96.4 Å². The monoisotopic (exact) mass is 422 g/mol. The van der Waals surface area contributed by atoms with Gasteiger partial charge in [0.25, 0.3) is 0 Å². The second-order valence-electron chi connectivity index (χ2n) is 7.69. The first-order valence-electron chi connectivity index (χ1n) is 11.1. The zero-order valence-corrected chi connectivity index (χ0v) is 18.9. The first-order valence-corrected chi connectivity index (χ1v) is 11.1. The summed E-state index contributed by atoms with van der Waals surface area (Å²) in [6, 6.07) is 0. The van der Waals surface area contributed by atoms with Crippen molar-refractivity contribution < 1.29 is 29.2 Å². The number of hydrogen-bond acceptors (Lipinski definition) is 8. The number of aliphatic hydroxyl groups is 2. The van der Waals surface area contributed by atoms with Crippen LogP contribution in [0.1, 0.15) is 59.8 Å². The minimum atomic E-state index is -0.555. The Morgan fingerprint density at radius 2 is 1.07 bits per heavy atom. The molecule has 176 valence electrons. The van der Waals surface area contributed by atoms with E-state index in [4.69, 9.17) is 30.4 Å². The van der Waals surface area contributed by atoms with Crippen molar-refractivity contribution in [3.8, 4) is 0 Å². The van der Waals surface area contributed by atoms with Gasteiger partial charge in [-0.25, -0.2) is 0 Å². The molecule has 0 radical (unpaired) electrons. The van der Waals surface area contributed by atoms with Crippen LogP contribution in [-0.2, 0) is 18.9 Å². The van der Waals surface area contributed by atoms with E-state index in [0.29, 0.717) is 39.1 Å². The zero-order chi connectivity index (χ0) is 22.1. The summed E-state index contributed by atoms with van der Waals surface area (Å²) < 4.78 is 22.7. The van der Waals surface area contributed by atoms with Crippen LogP contribution in [0.25, 0.3) is 0 Å². The maximum Gasteiger partial charge on any atom is 0.0798 e. The Balaban J connectivity index is 3.93. The lowest BCUT2D eigenvalue weighted by molar-refractivity contribution is -0.0494. The van der Waals surface area contributed by atoms with Gasteiger partial charge < -0.3 is 40.6 Å². The highest BCUT2D eigenvalue weighted by Gasteiger charge is 2.16. The summed E-state index contributed by atoms with van der Waals surface area (Å²) in [6.45, 7) is 10.4. The molecule has 0 rings (SSSR count). The highest BCUT2D eigenvalue weighted by molar-refractivity contribution is 4.66. The Morgan fingerprint density at radius 3 is 1.38 bits per heavy atom. The molecule has 29 heavy (non-hydrogen) atoms. The van der Waals surface area contributed by atoms with Crippen LogP contribution in [0.4, 0.5) is 0 Å². The quantitative estimate of drug-likeness (QED) is 0.215. The van der Waals surface area contributed by atoms with Gasteiger partial charge in [0, 0.05) is 39.1 Å². The fourth-order valence-corrected chi connectivity index (χ4v) is 2.69. The van der Waals surface area contributed by atoms with E-state index in [2.05, 4.69) is 0 Å². The van der Waals surface area contributed by atoms with E-state index in [-0.39, 0.29) is 37.6 Å². The lowest BCUT2D eigenvalue weighted by Crippen LogP contribution is -2.29. The van der Waals surface area contributed by atoms with Crippen LogP contribution in [0.3, 0.4) is 0 Å². The van der Waals surface area contributed by atoms with E-state index in [1.54, 1.807) is 0 Å². The van der Waals surface area contributed by atoms with Gasteiger partial charge in [0.1, 0.15) is 0 Å². The van der Waals surface area contributed by atoms with Crippen molar-refractivity contribution in [3.05, 3.63) is 0 Å². The molecule has 0 aromatic rings. The van der Waals surface area contributed by atoms with Crippen LogP contribution < -0.4 is 11.5 Å². The molecular weight excluding hydrogens is 376 g/mol. The van der Waals surface area contributed by atoms with Crippen molar-refractivity contribution in [1.82, 2.24) is 0 Å². The number of aliphatic hydroxyl groups excluding tert-OH is 2. The summed E-state index contributed by atoms with van der Waals surface area (Å²) in [7, 11) is 0. The molecule has 8 heteroatoms. The van der Waals surface area contributed by atoms with Gasteiger partial charge in [-0.3, -0.25) is 0 Å². The van der Waals surface area contributed by atoms with Crippen LogP contribution >= 0.6 is 0 Å². The van der Waals surface area contributed by atoms with Crippen LogP contribution in [-0.4, -0.2) is 86.4 Å². The Hall–Kier alpha value is -0.320. The van der Waals surface area contributed by atoms with Crippen LogP contribution in [0.2, 0.25) is 0 Å². The van der Waals surface area contributed by atoms with Crippen molar-refractivity contribution in [2.75, 3.05) is 39.5 Å². The first-order chi connectivity index (χ1) is 13.9. The molecule has 0 aromatic carbocycles. The molecule has 6 atom stereocenters. The SMILES string of the molecule is CCC(CC(O)COC(C)CN)OCCCOC(CC)CC(O)COC(C)CN. The molecule has 0 amide bonds. The van der Waals surface area contributed by atoms with Crippen molar-refractivity contribution in [2.24, 2.45) is 11.5 Å². The molecule has 0 aliphatic carbocycles. The third-order valence-corrected chi connectivity index (χ3v) is 4.79. The van der Waals surface area contributed by atoms with Crippen LogP contribution in [0, 0.1) is 0 Å². The number of ether oxygens (including phenoxy) is 4. The molecule has 0 bridgehead atoms. The second-order valence-corrected chi connectivity index (χ2v) is 7.69. The summed E-state index contributed by atoms with van der Waals surface area (Å²) in [5, 5.41) is 20.1. The minimum Gasteiger partial charge on any atom is -0.391 e. The molecule has 0 aliphatic heterocycles. The summed E-state index contributed by atoms with van der Waals surface area (Å²) in [4.78, 5) is 0. The predicted octanol–water partition coefficient (Wildman–Crippen LogP) is 1.20. The molecule has 8 nitrogen and oxygen atoms in total.